The van der Waals surface area contributed by atoms with Gasteiger partial charge >= 0.3 is 0 Å². The van der Waals surface area contributed by atoms with Crippen molar-refractivity contribution in [1.82, 2.24) is 4.90 Å². The van der Waals surface area contributed by atoms with Crippen molar-refractivity contribution in [3.05, 3.63) is 0 Å². The van der Waals surface area contributed by atoms with Crippen molar-refractivity contribution < 1.29 is 5.11 Å². The van der Waals surface area contributed by atoms with Gasteiger partial charge in [-0.25, -0.2) is 0 Å². The lowest BCUT2D eigenvalue weighted by Crippen LogP contribution is -2.47. The Labute approximate surface area is 66.5 Å². The van der Waals surface area contributed by atoms with E-state index in [1.165, 1.54) is 0 Å². The van der Waals surface area contributed by atoms with Crippen LogP contribution < -0.4 is 5.73 Å². The molecule has 4 nitrogen and oxygen atoms in total. The zero-order valence-corrected chi connectivity index (χ0v) is 6.75. The van der Waals surface area contributed by atoms with E-state index in [-0.39, 0.29) is 18.0 Å². The minimum absolute atomic E-state index is 0.115. The molecule has 0 radical (unpaired) electrons. The van der Waals surface area contributed by atoms with E-state index in [9.17, 15) is 5.11 Å². The molecular weight excluding hydrogens is 142 g/mol. The fourth-order valence-electron chi connectivity index (χ4n) is 1.35. The first-order valence-electron chi connectivity index (χ1n) is 3.88. The fourth-order valence-corrected chi connectivity index (χ4v) is 1.35. The summed E-state index contributed by atoms with van der Waals surface area (Å²) in [5.41, 5.74) is 5.30. The van der Waals surface area contributed by atoms with Crippen LogP contribution in [0.25, 0.3) is 0 Å². The zero-order valence-electron chi connectivity index (χ0n) is 6.75. The number of nitrogens with two attached hydrogens (primary N) is 1. The highest BCUT2D eigenvalue weighted by Crippen LogP contribution is 2.15. The zero-order chi connectivity index (χ0) is 8.43. The van der Waals surface area contributed by atoms with Gasteiger partial charge in [-0.05, 0) is 12.3 Å². The lowest BCUT2D eigenvalue weighted by Gasteiger charge is -2.34. The Morgan fingerprint density at radius 2 is 2.36 bits per heavy atom. The molecule has 0 aromatic heterocycles. The number of aliphatic hydroxyl groups is 1. The van der Waals surface area contributed by atoms with Crippen molar-refractivity contribution in [2.75, 3.05) is 13.1 Å². The molecule has 0 saturated carbocycles. The topological polar surface area (TPSA) is 73.3 Å². The van der Waals surface area contributed by atoms with E-state index in [0.717, 1.165) is 6.42 Å². The minimum Gasteiger partial charge on any atom is -0.393 e. The molecule has 0 aromatic rings. The number of rotatable bonds is 0. The maximum Gasteiger partial charge on any atom is 0.188 e. The van der Waals surface area contributed by atoms with Gasteiger partial charge in [0.15, 0.2) is 5.96 Å². The molecule has 4 heteroatoms. The van der Waals surface area contributed by atoms with Gasteiger partial charge in [-0.2, -0.15) is 0 Å². The quantitative estimate of drug-likeness (QED) is 0.330. The second-order valence-corrected chi connectivity index (χ2v) is 3.16. The van der Waals surface area contributed by atoms with Gasteiger partial charge in [-0.15, -0.1) is 0 Å². The molecule has 64 valence electrons. The highest BCUT2D eigenvalue weighted by atomic mass is 16.3. The third-order valence-corrected chi connectivity index (χ3v) is 2.20. The molecule has 0 aromatic carbocycles. The van der Waals surface area contributed by atoms with Crippen molar-refractivity contribution in [2.24, 2.45) is 11.7 Å². The van der Waals surface area contributed by atoms with Crippen LogP contribution in [0.5, 0.6) is 0 Å². The number of guanidine groups is 1. The Morgan fingerprint density at radius 3 is 2.82 bits per heavy atom. The highest BCUT2D eigenvalue weighted by molar-refractivity contribution is 5.74. The van der Waals surface area contributed by atoms with Crippen molar-refractivity contribution in [2.45, 2.75) is 19.4 Å². The number of hydrogen-bond donors (Lipinski definition) is 3. The molecule has 2 atom stereocenters. The third kappa shape index (κ3) is 1.83. The van der Waals surface area contributed by atoms with Gasteiger partial charge in [-0.3, -0.25) is 5.41 Å². The molecule has 1 rings (SSSR count). The molecule has 4 N–H and O–H groups in total. The van der Waals surface area contributed by atoms with Gasteiger partial charge in [0.25, 0.3) is 0 Å². The summed E-state index contributed by atoms with van der Waals surface area (Å²) in [6, 6.07) is 0. The molecule has 1 saturated heterocycles. The van der Waals surface area contributed by atoms with Crippen molar-refractivity contribution in [3.8, 4) is 0 Å². The van der Waals surface area contributed by atoms with Gasteiger partial charge in [0, 0.05) is 13.1 Å². The summed E-state index contributed by atoms with van der Waals surface area (Å²) in [5, 5.41) is 16.5. The lowest BCUT2D eigenvalue weighted by molar-refractivity contribution is 0.0584. The predicted molar refractivity (Wildman–Crippen MR) is 43.3 cm³/mol. The number of nitrogens with zero attached hydrogens (tertiary/aromatic N) is 1. The predicted octanol–water partition coefficient (Wildman–Crippen LogP) is -0.417. The van der Waals surface area contributed by atoms with Gasteiger partial charge in [0.2, 0.25) is 0 Å². The van der Waals surface area contributed by atoms with E-state index in [2.05, 4.69) is 0 Å². The van der Waals surface area contributed by atoms with Gasteiger partial charge in [0.05, 0.1) is 6.10 Å². The van der Waals surface area contributed by atoms with Gasteiger partial charge in [-0.1, -0.05) is 6.92 Å². The Morgan fingerprint density at radius 1 is 1.73 bits per heavy atom. The lowest BCUT2D eigenvalue weighted by atomic mass is 9.97. The first-order chi connectivity index (χ1) is 5.11. The second kappa shape index (κ2) is 3.09. The summed E-state index contributed by atoms with van der Waals surface area (Å²) >= 11 is 0. The maximum absolute atomic E-state index is 9.34. The van der Waals surface area contributed by atoms with Crippen LogP contribution in [0.4, 0.5) is 0 Å². The Balaban J connectivity index is 2.46. The summed E-state index contributed by atoms with van der Waals surface area (Å²) in [4.78, 5) is 1.79. The summed E-state index contributed by atoms with van der Waals surface area (Å²) in [6.45, 7) is 3.39. The molecule has 1 aliphatic heterocycles. The first kappa shape index (κ1) is 8.33. The Hall–Kier alpha value is -0.770. The van der Waals surface area contributed by atoms with Crippen LogP contribution in [-0.2, 0) is 0 Å². The molecule has 1 heterocycles. The average molecular weight is 157 g/mol. The minimum atomic E-state index is -0.217. The Bertz CT molecular complexity index is 160. The van der Waals surface area contributed by atoms with Gasteiger partial charge < -0.3 is 15.7 Å². The van der Waals surface area contributed by atoms with Crippen molar-refractivity contribution >= 4 is 5.96 Å². The standard InChI is InChI=1S/C7H15N3O/c1-5-4-10(7(8)9)3-2-6(5)11/h5-6,11H,2-4H2,1H3,(H3,8,9)/t5-,6+/m1/s1. The van der Waals surface area contributed by atoms with E-state index in [1.54, 1.807) is 4.90 Å². The molecule has 0 unspecified atom stereocenters. The molecule has 11 heavy (non-hydrogen) atoms. The summed E-state index contributed by atoms with van der Waals surface area (Å²) in [5.74, 6) is 0.344. The van der Waals surface area contributed by atoms with E-state index in [0.29, 0.717) is 13.1 Å². The van der Waals surface area contributed by atoms with Crippen LogP contribution in [0.2, 0.25) is 0 Å². The highest BCUT2D eigenvalue weighted by Gasteiger charge is 2.24. The average Bonchev–Trinajstić information content (AvgIpc) is 1.94. The van der Waals surface area contributed by atoms with Gasteiger partial charge in [0.1, 0.15) is 0 Å². The number of hydrogen-bond acceptors (Lipinski definition) is 2. The molecule has 0 bridgehead atoms. The molecular formula is C7H15N3O. The summed E-state index contributed by atoms with van der Waals surface area (Å²) in [6.07, 6.45) is 0.506. The van der Waals surface area contributed by atoms with Crippen molar-refractivity contribution in [1.29, 1.82) is 5.41 Å². The van der Waals surface area contributed by atoms with Crippen LogP contribution >= 0.6 is 0 Å². The number of piperidine rings is 1. The maximum atomic E-state index is 9.34. The number of nitrogens with one attached hydrogen (secondary N) is 1. The summed E-state index contributed by atoms with van der Waals surface area (Å²) < 4.78 is 0. The molecule has 1 fully saturated rings. The van der Waals surface area contributed by atoms with E-state index in [1.807, 2.05) is 6.92 Å². The van der Waals surface area contributed by atoms with Crippen LogP contribution in [0.1, 0.15) is 13.3 Å². The van der Waals surface area contributed by atoms with Crippen LogP contribution in [0, 0.1) is 11.3 Å². The third-order valence-electron chi connectivity index (χ3n) is 2.20. The fraction of sp³-hybridized carbons (Fsp3) is 0.857. The largest absolute Gasteiger partial charge is 0.393 e. The van der Waals surface area contributed by atoms with Crippen molar-refractivity contribution in [3.63, 3.8) is 0 Å². The smallest absolute Gasteiger partial charge is 0.188 e. The molecule has 1 aliphatic rings. The first-order valence-corrected chi connectivity index (χ1v) is 3.88. The SMILES string of the molecule is C[C@@H]1CN(C(=N)N)CC[C@@H]1O. The van der Waals surface area contributed by atoms with Crippen LogP contribution in [0.3, 0.4) is 0 Å². The van der Waals surface area contributed by atoms with Crippen LogP contribution in [-0.4, -0.2) is 35.2 Å². The molecule has 0 aliphatic carbocycles. The molecule has 0 amide bonds. The van der Waals surface area contributed by atoms with E-state index in [4.69, 9.17) is 11.1 Å². The normalized spacial score (nSPS) is 32.0. The van der Waals surface area contributed by atoms with Crippen LogP contribution in [0.15, 0.2) is 0 Å². The van der Waals surface area contributed by atoms with E-state index >= 15 is 0 Å². The summed E-state index contributed by atoms with van der Waals surface area (Å²) in [7, 11) is 0. The number of aliphatic hydroxyl groups excluding tert-OH is 1. The molecule has 0 spiro atoms. The van der Waals surface area contributed by atoms with E-state index < -0.39 is 0 Å². The monoisotopic (exact) mass is 157 g/mol. The Kier molecular flexibility index (Phi) is 2.34. The number of likely N-dealkylation sites (tertiary alicyclic amines) is 1. The second-order valence-electron chi connectivity index (χ2n) is 3.16.